The Labute approximate surface area is 145 Å². The highest BCUT2D eigenvalue weighted by Crippen LogP contribution is 2.32. The predicted octanol–water partition coefficient (Wildman–Crippen LogP) is 2.90. The van der Waals surface area contributed by atoms with Crippen LogP contribution in [0.15, 0.2) is 52.4 Å². The molecule has 1 aliphatic rings. The lowest BCUT2D eigenvalue weighted by Crippen LogP contribution is -2.19. The summed E-state index contributed by atoms with van der Waals surface area (Å²) < 4.78 is 0. The monoisotopic (exact) mass is 357 g/mol. The van der Waals surface area contributed by atoms with E-state index in [9.17, 15) is 25.1 Å². The number of nitro groups is 1. The van der Waals surface area contributed by atoms with E-state index in [1.54, 1.807) is 12.1 Å². The number of aromatic hydroxyl groups is 2. The molecule has 0 unspecified atom stereocenters. The minimum absolute atomic E-state index is 0.0495. The maximum Gasteiger partial charge on any atom is 0.270 e. The van der Waals surface area contributed by atoms with Crippen LogP contribution in [-0.4, -0.2) is 26.2 Å². The molecule has 2 aromatic carbocycles. The number of non-ortho nitro benzene ring substituents is 1. The van der Waals surface area contributed by atoms with Crippen LogP contribution in [0.5, 0.6) is 11.5 Å². The van der Waals surface area contributed by atoms with Gasteiger partial charge in [-0.1, -0.05) is 6.07 Å². The second kappa shape index (κ2) is 6.65. The molecule has 0 spiro atoms. The predicted molar refractivity (Wildman–Crippen MR) is 93.7 cm³/mol. The zero-order valence-corrected chi connectivity index (χ0v) is 13.4. The normalized spacial score (nSPS) is 17.0. The van der Waals surface area contributed by atoms with E-state index >= 15 is 0 Å². The van der Waals surface area contributed by atoms with Gasteiger partial charge in [0.2, 0.25) is 0 Å². The highest BCUT2D eigenvalue weighted by atomic mass is 32.2. The van der Waals surface area contributed by atoms with Crippen molar-refractivity contribution in [3.8, 4) is 11.5 Å². The summed E-state index contributed by atoms with van der Waals surface area (Å²) in [5.74, 6) is -0.562. The second-order valence-corrected chi connectivity index (χ2v) is 6.03. The van der Waals surface area contributed by atoms with E-state index in [1.165, 1.54) is 36.4 Å². The molecule has 0 radical (unpaired) electrons. The highest BCUT2D eigenvalue weighted by Gasteiger charge is 2.24. The van der Waals surface area contributed by atoms with E-state index in [0.29, 0.717) is 10.9 Å². The van der Waals surface area contributed by atoms with Crippen molar-refractivity contribution in [2.24, 2.45) is 4.99 Å². The number of carbonyl (C=O) groups is 1. The Kier molecular flexibility index (Phi) is 4.40. The van der Waals surface area contributed by atoms with Crippen molar-refractivity contribution in [2.75, 3.05) is 0 Å². The van der Waals surface area contributed by atoms with Crippen LogP contribution in [0, 0.1) is 10.1 Å². The van der Waals surface area contributed by atoms with E-state index in [0.717, 1.165) is 11.8 Å². The molecule has 3 rings (SSSR count). The Morgan fingerprint density at radius 3 is 2.72 bits per heavy atom. The van der Waals surface area contributed by atoms with Crippen molar-refractivity contribution in [2.45, 2.75) is 0 Å². The first-order valence-electron chi connectivity index (χ1n) is 6.98. The van der Waals surface area contributed by atoms with Crippen LogP contribution in [0.1, 0.15) is 5.56 Å². The van der Waals surface area contributed by atoms with Gasteiger partial charge in [0, 0.05) is 23.8 Å². The first-order valence-corrected chi connectivity index (χ1v) is 7.80. The Balaban J connectivity index is 1.89. The molecule has 0 aliphatic carbocycles. The van der Waals surface area contributed by atoms with Crippen molar-refractivity contribution in [1.29, 1.82) is 0 Å². The molecule has 9 heteroatoms. The van der Waals surface area contributed by atoms with E-state index in [1.807, 2.05) is 0 Å². The lowest BCUT2D eigenvalue weighted by atomic mass is 10.1. The number of hydrogen-bond donors (Lipinski definition) is 3. The zero-order chi connectivity index (χ0) is 18.0. The van der Waals surface area contributed by atoms with E-state index in [-0.39, 0.29) is 27.7 Å². The zero-order valence-electron chi connectivity index (χ0n) is 12.5. The summed E-state index contributed by atoms with van der Waals surface area (Å²) in [6, 6.07) is 9.77. The van der Waals surface area contributed by atoms with E-state index in [2.05, 4.69) is 10.3 Å². The third kappa shape index (κ3) is 3.78. The van der Waals surface area contributed by atoms with Crippen LogP contribution >= 0.6 is 11.8 Å². The van der Waals surface area contributed by atoms with Gasteiger partial charge in [-0.15, -0.1) is 0 Å². The second-order valence-electron chi connectivity index (χ2n) is 5.00. The van der Waals surface area contributed by atoms with Crippen molar-refractivity contribution >= 4 is 40.3 Å². The molecule has 8 nitrogen and oxygen atoms in total. The molecule has 1 aliphatic heterocycles. The molecule has 2 aromatic rings. The van der Waals surface area contributed by atoms with Crippen molar-refractivity contribution in [3.05, 3.63) is 63.0 Å². The van der Waals surface area contributed by atoms with Crippen LogP contribution in [-0.2, 0) is 4.79 Å². The smallest absolute Gasteiger partial charge is 0.270 e. The van der Waals surface area contributed by atoms with Crippen molar-refractivity contribution in [1.82, 2.24) is 5.32 Å². The van der Waals surface area contributed by atoms with Crippen LogP contribution in [0.3, 0.4) is 0 Å². The van der Waals surface area contributed by atoms with Gasteiger partial charge in [-0.2, -0.15) is 0 Å². The average Bonchev–Trinajstić information content (AvgIpc) is 2.88. The molecular weight excluding hydrogens is 346 g/mol. The quantitative estimate of drug-likeness (QED) is 0.441. The number of amidine groups is 1. The summed E-state index contributed by atoms with van der Waals surface area (Å²) in [6.45, 7) is 0. The number of rotatable bonds is 3. The average molecular weight is 357 g/mol. The molecule has 126 valence electrons. The van der Waals surface area contributed by atoms with Crippen molar-refractivity contribution < 1.29 is 19.9 Å². The number of aliphatic imine (C=N–C) groups is 1. The topological polar surface area (TPSA) is 125 Å². The first-order chi connectivity index (χ1) is 11.9. The SMILES string of the molecule is O=C1NC(=Nc2cccc(O)c2)SC1=Cc1cc([N+](=O)[O-])ccc1O. The van der Waals surface area contributed by atoms with Crippen LogP contribution in [0.25, 0.3) is 6.08 Å². The first kappa shape index (κ1) is 16.5. The number of nitro benzene ring substituents is 1. The molecule has 3 N–H and O–H groups in total. The lowest BCUT2D eigenvalue weighted by molar-refractivity contribution is -0.384. The molecule has 25 heavy (non-hydrogen) atoms. The molecular formula is C16H11N3O5S. The van der Waals surface area contributed by atoms with Gasteiger partial charge in [-0.3, -0.25) is 14.9 Å². The maximum atomic E-state index is 12.0. The molecule has 0 atom stereocenters. The minimum Gasteiger partial charge on any atom is -0.508 e. The number of carbonyl (C=O) groups excluding carboxylic acids is 1. The molecule has 1 fully saturated rings. The molecule has 0 aromatic heterocycles. The molecule has 0 bridgehead atoms. The van der Waals surface area contributed by atoms with Crippen molar-refractivity contribution in [3.63, 3.8) is 0 Å². The van der Waals surface area contributed by atoms with Gasteiger partial charge < -0.3 is 15.5 Å². The van der Waals surface area contributed by atoms with Gasteiger partial charge in [-0.25, -0.2) is 4.99 Å². The standard InChI is InChI=1S/C16H11N3O5S/c20-12-3-1-2-10(8-12)17-16-18-15(22)14(25-16)7-9-6-11(19(23)24)4-5-13(9)21/h1-8,20-21H,(H,17,18,22). The molecule has 0 saturated carbocycles. The van der Waals surface area contributed by atoms with Gasteiger partial charge in [0.05, 0.1) is 15.5 Å². The van der Waals surface area contributed by atoms with E-state index < -0.39 is 10.8 Å². The molecule has 1 amide bonds. The van der Waals surface area contributed by atoms with Crippen LogP contribution in [0.4, 0.5) is 11.4 Å². The number of amides is 1. The Bertz CT molecular complexity index is 939. The lowest BCUT2D eigenvalue weighted by Gasteiger charge is -2.00. The van der Waals surface area contributed by atoms with Gasteiger partial charge >= 0.3 is 0 Å². The molecule has 1 heterocycles. The number of phenolic OH excluding ortho intramolecular Hbond substituents is 2. The highest BCUT2D eigenvalue weighted by molar-refractivity contribution is 8.18. The fourth-order valence-electron chi connectivity index (χ4n) is 2.07. The van der Waals surface area contributed by atoms with Gasteiger partial charge in [-0.05, 0) is 36.0 Å². The fraction of sp³-hybridized carbons (Fsp3) is 0. The largest absolute Gasteiger partial charge is 0.508 e. The number of thioether (sulfide) groups is 1. The summed E-state index contributed by atoms with van der Waals surface area (Å²) in [5.41, 5.74) is 0.425. The summed E-state index contributed by atoms with van der Waals surface area (Å²) in [6.07, 6.45) is 1.35. The number of benzene rings is 2. The summed E-state index contributed by atoms with van der Waals surface area (Å²) >= 11 is 1.03. The molecule has 1 saturated heterocycles. The van der Waals surface area contributed by atoms with Crippen LogP contribution < -0.4 is 5.32 Å². The minimum atomic E-state index is -0.585. The Hall–Kier alpha value is -3.33. The number of phenols is 2. The summed E-state index contributed by atoms with van der Waals surface area (Å²) in [7, 11) is 0. The third-order valence-corrected chi connectivity index (χ3v) is 4.13. The summed E-state index contributed by atoms with van der Waals surface area (Å²) in [4.78, 5) is 26.7. The Morgan fingerprint density at radius 2 is 2.00 bits per heavy atom. The maximum absolute atomic E-state index is 12.0. The Morgan fingerprint density at radius 1 is 1.20 bits per heavy atom. The van der Waals surface area contributed by atoms with Crippen LogP contribution in [0.2, 0.25) is 0 Å². The number of nitrogens with zero attached hydrogens (tertiary/aromatic N) is 2. The third-order valence-electron chi connectivity index (χ3n) is 3.22. The fourth-order valence-corrected chi connectivity index (χ4v) is 2.91. The summed E-state index contributed by atoms with van der Waals surface area (Å²) in [5, 5.41) is 32.9. The number of hydrogen-bond acceptors (Lipinski definition) is 7. The number of nitrogens with one attached hydrogen (secondary N) is 1. The van der Waals surface area contributed by atoms with Gasteiger partial charge in [0.25, 0.3) is 11.6 Å². The van der Waals surface area contributed by atoms with E-state index in [4.69, 9.17) is 0 Å². The van der Waals surface area contributed by atoms with Gasteiger partial charge in [0.15, 0.2) is 5.17 Å². The van der Waals surface area contributed by atoms with Gasteiger partial charge in [0.1, 0.15) is 11.5 Å².